The van der Waals surface area contributed by atoms with Crippen LogP contribution in [0.3, 0.4) is 0 Å². The highest BCUT2D eigenvalue weighted by Crippen LogP contribution is 2.28. The van der Waals surface area contributed by atoms with Crippen molar-refractivity contribution >= 4 is 5.91 Å². The van der Waals surface area contributed by atoms with Crippen LogP contribution in [0.5, 0.6) is 0 Å². The normalized spacial score (nSPS) is 25.1. The van der Waals surface area contributed by atoms with Crippen LogP contribution in [0.15, 0.2) is 30.3 Å². The standard InChI is InChI=1S/C18H28N2O/c1-3-13(2)17(14-9-5-4-6-10-14)18(21)20-16-12-8-7-11-15(16)19/h4-6,9-10,13,15-17H,3,7-8,11-12,19H2,1-2H3,(H,20,21). The minimum Gasteiger partial charge on any atom is -0.351 e. The minimum absolute atomic E-state index is 0.0784. The highest BCUT2D eigenvalue weighted by Gasteiger charge is 2.30. The fourth-order valence-corrected chi connectivity index (χ4v) is 3.25. The van der Waals surface area contributed by atoms with Gasteiger partial charge in [-0.3, -0.25) is 4.79 Å². The van der Waals surface area contributed by atoms with Gasteiger partial charge in [-0.1, -0.05) is 63.4 Å². The number of benzene rings is 1. The first-order valence-corrected chi connectivity index (χ1v) is 8.24. The van der Waals surface area contributed by atoms with E-state index < -0.39 is 0 Å². The first-order valence-electron chi connectivity index (χ1n) is 8.24. The number of hydrogen-bond acceptors (Lipinski definition) is 2. The van der Waals surface area contributed by atoms with Gasteiger partial charge >= 0.3 is 0 Å². The summed E-state index contributed by atoms with van der Waals surface area (Å²) in [5.74, 6) is 0.385. The van der Waals surface area contributed by atoms with Crippen molar-refractivity contribution in [2.45, 2.75) is 64.0 Å². The van der Waals surface area contributed by atoms with Crippen molar-refractivity contribution in [1.29, 1.82) is 0 Å². The second-order valence-corrected chi connectivity index (χ2v) is 6.34. The second kappa shape index (κ2) is 7.60. The molecule has 1 aliphatic rings. The average Bonchev–Trinajstić information content (AvgIpc) is 2.50. The molecule has 4 unspecified atom stereocenters. The smallest absolute Gasteiger partial charge is 0.228 e. The Morgan fingerprint density at radius 1 is 1.29 bits per heavy atom. The number of nitrogens with one attached hydrogen (secondary N) is 1. The van der Waals surface area contributed by atoms with Gasteiger partial charge in [-0.2, -0.15) is 0 Å². The van der Waals surface area contributed by atoms with Crippen LogP contribution < -0.4 is 11.1 Å². The Bertz CT molecular complexity index is 446. The topological polar surface area (TPSA) is 55.1 Å². The van der Waals surface area contributed by atoms with E-state index in [4.69, 9.17) is 5.73 Å². The molecule has 0 bridgehead atoms. The van der Waals surface area contributed by atoms with Crippen molar-refractivity contribution in [2.24, 2.45) is 11.7 Å². The molecule has 0 radical (unpaired) electrons. The molecule has 116 valence electrons. The van der Waals surface area contributed by atoms with Gasteiger partial charge in [0.15, 0.2) is 0 Å². The maximum Gasteiger partial charge on any atom is 0.228 e. The summed E-state index contributed by atoms with van der Waals surface area (Å²) in [6.45, 7) is 4.29. The summed E-state index contributed by atoms with van der Waals surface area (Å²) in [6.07, 6.45) is 5.36. The van der Waals surface area contributed by atoms with Gasteiger partial charge in [-0.15, -0.1) is 0 Å². The van der Waals surface area contributed by atoms with E-state index in [-0.39, 0.29) is 23.9 Å². The zero-order valence-electron chi connectivity index (χ0n) is 13.2. The molecule has 3 N–H and O–H groups in total. The van der Waals surface area contributed by atoms with Crippen LogP contribution >= 0.6 is 0 Å². The van der Waals surface area contributed by atoms with Crippen molar-refractivity contribution in [3.63, 3.8) is 0 Å². The van der Waals surface area contributed by atoms with Gasteiger partial charge in [0.2, 0.25) is 5.91 Å². The summed E-state index contributed by atoms with van der Waals surface area (Å²) in [7, 11) is 0. The molecular weight excluding hydrogens is 260 g/mol. The molecule has 1 saturated carbocycles. The van der Waals surface area contributed by atoms with Crippen molar-refractivity contribution in [1.82, 2.24) is 5.32 Å². The Labute approximate surface area is 128 Å². The van der Waals surface area contributed by atoms with Crippen LogP contribution in [0, 0.1) is 5.92 Å². The summed E-state index contributed by atoms with van der Waals surface area (Å²) >= 11 is 0. The fourth-order valence-electron chi connectivity index (χ4n) is 3.25. The highest BCUT2D eigenvalue weighted by molar-refractivity contribution is 5.84. The molecule has 2 rings (SSSR count). The maximum atomic E-state index is 12.8. The quantitative estimate of drug-likeness (QED) is 0.874. The van der Waals surface area contributed by atoms with Gasteiger partial charge in [0.05, 0.1) is 5.92 Å². The molecular formula is C18H28N2O. The van der Waals surface area contributed by atoms with Crippen LogP contribution in [0.4, 0.5) is 0 Å². The largest absolute Gasteiger partial charge is 0.351 e. The van der Waals surface area contributed by atoms with Crippen LogP contribution in [0.1, 0.15) is 57.4 Å². The molecule has 3 nitrogen and oxygen atoms in total. The Kier molecular flexibility index (Phi) is 5.80. The molecule has 0 spiro atoms. The van der Waals surface area contributed by atoms with E-state index in [0.29, 0.717) is 5.92 Å². The van der Waals surface area contributed by atoms with Gasteiger partial charge in [0, 0.05) is 12.1 Å². The van der Waals surface area contributed by atoms with Crippen LogP contribution in [-0.4, -0.2) is 18.0 Å². The number of carbonyl (C=O) groups excluding carboxylic acids is 1. The minimum atomic E-state index is -0.0784. The number of nitrogens with two attached hydrogens (primary N) is 1. The molecule has 3 heteroatoms. The third-order valence-corrected chi connectivity index (χ3v) is 4.80. The molecule has 1 amide bonds. The van der Waals surface area contributed by atoms with Gasteiger partial charge in [0.1, 0.15) is 0 Å². The molecule has 0 heterocycles. The predicted molar refractivity (Wildman–Crippen MR) is 87.0 cm³/mol. The lowest BCUT2D eigenvalue weighted by Gasteiger charge is -2.32. The Morgan fingerprint density at radius 2 is 1.95 bits per heavy atom. The van der Waals surface area contributed by atoms with Crippen molar-refractivity contribution in [3.05, 3.63) is 35.9 Å². The molecule has 1 aromatic carbocycles. The van der Waals surface area contributed by atoms with Crippen molar-refractivity contribution in [2.75, 3.05) is 0 Å². The van der Waals surface area contributed by atoms with E-state index in [1.165, 1.54) is 6.42 Å². The van der Waals surface area contributed by atoms with Gasteiger partial charge in [-0.05, 0) is 24.3 Å². The van der Waals surface area contributed by atoms with Crippen LogP contribution in [0.2, 0.25) is 0 Å². The van der Waals surface area contributed by atoms with Crippen molar-refractivity contribution < 1.29 is 4.79 Å². The van der Waals surface area contributed by atoms with Crippen LogP contribution in [-0.2, 0) is 4.79 Å². The Balaban J connectivity index is 2.11. The summed E-state index contributed by atoms with van der Waals surface area (Å²) < 4.78 is 0. The van der Waals surface area contributed by atoms with Crippen LogP contribution in [0.25, 0.3) is 0 Å². The highest BCUT2D eigenvalue weighted by atomic mass is 16.2. The van der Waals surface area contributed by atoms with Gasteiger partial charge in [0.25, 0.3) is 0 Å². The van der Waals surface area contributed by atoms with E-state index in [2.05, 4.69) is 31.3 Å². The predicted octanol–water partition coefficient (Wildman–Crippen LogP) is 3.20. The second-order valence-electron chi connectivity index (χ2n) is 6.34. The van der Waals surface area contributed by atoms with E-state index in [9.17, 15) is 4.79 Å². The number of amides is 1. The molecule has 1 aromatic rings. The summed E-state index contributed by atoms with van der Waals surface area (Å²) in [6, 6.07) is 10.4. The zero-order valence-corrected chi connectivity index (χ0v) is 13.2. The molecule has 0 aromatic heterocycles. The van der Waals surface area contributed by atoms with Crippen molar-refractivity contribution in [3.8, 4) is 0 Å². The monoisotopic (exact) mass is 288 g/mol. The first kappa shape index (κ1) is 16.0. The lowest BCUT2D eigenvalue weighted by atomic mass is 9.83. The number of rotatable bonds is 5. The summed E-state index contributed by atoms with van der Waals surface area (Å²) in [5, 5.41) is 3.22. The first-order chi connectivity index (χ1) is 10.1. The third kappa shape index (κ3) is 4.07. The lowest BCUT2D eigenvalue weighted by molar-refractivity contribution is -0.124. The average molecular weight is 288 g/mol. The van der Waals surface area contributed by atoms with E-state index in [1.54, 1.807) is 0 Å². The van der Waals surface area contributed by atoms with Gasteiger partial charge in [-0.25, -0.2) is 0 Å². The maximum absolute atomic E-state index is 12.8. The number of carbonyl (C=O) groups is 1. The molecule has 0 aliphatic heterocycles. The zero-order chi connectivity index (χ0) is 15.2. The van der Waals surface area contributed by atoms with E-state index >= 15 is 0 Å². The molecule has 1 fully saturated rings. The van der Waals surface area contributed by atoms with E-state index in [0.717, 1.165) is 31.2 Å². The molecule has 4 atom stereocenters. The Morgan fingerprint density at radius 3 is 2.57 bits per heavy atom. The van der Waals surface area contributed by atoms with Gasteiger partial charge < -0.3 is 11.1 Å². The SMILES string of the molecule is CCC(C)C(C(=O)NC1CCCCC1N)c1ccccc1. The summed E-state index contributed by atoms with van der Waals surface area (Å²) in [5.41, 5.74) is 7.27. The van der Waals surface area contributed by atoms with E-state index in [1.807, 2.05) is 18.2 Å². The lowest BCUT2D eigenvalue weighted by Crippen LogP contribution is -2.51. The number of hydrogen-bond donors (Lipinski definition) is 2. The molecule has 1 aliphatic carbocycles. The Hall–Kier alpha value is -1.35. The summed E-state index contributed by atoms with van der Waals surface area (Å²) in [4.78, 5) is 12.8. The molecule has 0 saturated heterocycles. The molecule has 21 heavy (non-hydrogen) atoms. The third-order valence-electron chi connectivity index (χ3n) is 4.80. The fraction of sp³-hybridized carbons (Fsp3) is 0.611.